The number of carbonyl (C=O) groups is 1. The molecule has 0 saturated heterocycles. The van der Waals surface area contributed by atoms with Crippen molar-refractivity contribution in [3.05, 3.63) is 0 Å². The van der Waals surface area contributed by atoms with Gasteiger partial charge in [-0.05, 0) is 40.0 Å². The summed E-state index contributed by atoms with van der Waals surface area (Å²) in [5, 5.41) is 12.0. The molecule has 17 heavy (non-hydrogen) atoms. The molecule has 0 aliphatic carbocycles. The quantitative estimate of drug-likeness (QED) is 0.782. The first-order chi connectivity index (χ1) is 7.65. The molecule has 102 valence electrons. The largest absolute Gasteiger partial charge is 0.446 e. The average Bonchev–Trinajstić information content (AvgIpc) is 2.10. The number of alkyl carbamates (subject to hydrolysis) is 1. The lowest BCUT2D eigenvalue weighted by Crippen LogP contribution is -2.43. The van der Waals surface area contributed by atoms with E-state index >= 15 is 0 Å². The zero-order valence-corrected chi connectivity index (χ0v) is 11.9. The van der Waals surface area contributed by atoms with Gasteiger partial charge in [-0.25, -0.2) is 4.79 Å². The summed E-state index contributed by atoms with van der Waals surface area (Å²) < 4.78 is 5.27. The first-order valence-corrected chi connectivity index (χ1v) is 6.25. The second-order valence-corrected chi connectivity index (χ2v) is 6.06. The topological polar surface area (TPSA) is 58.6 Å². The molecule has 4 nitrogen and oxygen atoms in total. The predicted octanol–water partition coefficient (Wildman–Crippen LogP) is 2.55. The van der Waals surface area contributed by atoms with E-state index in [-0.39, 0.29) is 24.2 Å². The average molecular weight is 245 g/mol. The van der Waals surface area contributed by atoms with Crippen LogP contribution >= 0.6 is 0 Å². The Morgan fingerprint density at radius 3 is 2.18 bits per heavy atom. The number of aliphatic hydroxyl groups excluding tert-OH is 1. The van der Waals surface area contributed by atoms with Crippen molar-refractivity contribution in [3.63, 3.8) is 0 Å². The Balaban J connectivity index is 4.21. The van der Waals surface area contributed by atoms with Gasteiger partial charge in [-0.3, -0.25) is 0 Å². The molecule has 0 spiro atoms. The Labute approximate surface area is 105 Å². The standard InChI is InChI=1S/C13H27NO3/c1-9(2)7-11(8-15)10(3)17-12(16)14-13(4,5)6/h9-11,15H,7-8H2,1-6H3,(H,14,16)/t10-,11-/m1/s1. The fourth-order valence-corrected chi connectivity index (χ4v) is 1.62. The second kappa shape index (κ2) is 6.84. The van der Waals surface area contributed by atoms with Gasteiger partial charge < -0.3 is 15.2 Å². The van der Waals surface area contributed by atoms with E-state index in [1.807, 2.05) is 27.7 Å². The molecule has 0 unspecified atom stereocenters. The molecule has 2 atom stereocenters. The Kier molecular flexibility index (Phi) is 6.53. The van der Waals surface area contributed by atoms with Crippen LogP contribution in [0.25, 0.3) is 0 Å². The first-order valence-electron chi connectivity index (χ1n) is 6.25. The highest BCUT2D eigenvalue weighted by Gasteiger charge is 2.23. The summed E-state index contributed by atoms with van der Waals surface area (Å²) in [6.45, 7) is 11.7. The van der Waals surface area contributed by atoms with Crippen LogP contribution in [0.5, 0.6) is 0 Å². The Bertz CT molecular complexity index is 233. The third kappa shape index (κ3) is 8.02. The van der Waals surface area contributed by atoms with Crippen molar-refractivity contribution in [2.24, 2.45) is 11.8 Å². The molecular weight excluding hydrogens is 218 g/mol. The third-order valence-electron chi connectivity index (χ3n) is 2.44. The third-order valence-corrected chi connectivity index (χ3v) is 2.44. The minimum Gasteiger partial charge on any atom is -0.446 e. The molecule has 0 aromatic heterocycles. The van der Waals surface area contributed by atoms with E-state index in [4.69, 9.17) is 4.74 Å². The van der Waals surface area contributed by atoms with Crippen molar-refractivity contribution in [3.8, 4) is 0 Å². The van der Waals surface area contributed by atoms with Gasteiger partial charge in [0.05, 0.1) is 0 Å². The summed E-state index contributed by atoms with van der Waals surface area (Å²) in [7, 11) is 0. The number of rotatable bonds is 5. The molecular formula is C13H27NO3. The van der Waals surface area contributed by atoms with Crippen LogP contribution in [0.4, 0.5) is 4.79 Å². The Morgan fingerprint density at radius 2 is 1.82 bits per heavy atom. The molecule has 0 aliphatic heterocycles. The molecule has 0 aromatic rings. The normalized spacial score (nSPS) is 15.5. The van der Waals surface area contributed by atoms with Gasteiger partial charge in [0.15, 0.2) is 0 Å². The van der Waals surface area contributed by atoms with E-state index in [9.17, 15) is 9.90 Å². The van der Waals surface area contributed by atoms with E-state index in [1.54, 1.807) is 0 Å². The van der Waals surface area contributed by atoms with Crippen molar-refractivity contribution < 1.29 is 14.6 Å². The van der Waals surface area contributed by atoms with Gasteiger partial charge in [0.25, 0.3) is 0 Å². The zero-order chi connectivity index (χ0) is 13.6. The van der Waals surface area contributed by atoms with E-state index < -0.39 is 6.09 Å². The first kappa shape index (κ1) is 16.2. The number of aliphatic hydroxyl groups is 1. The summed E-state index contributed by atoms with van der Waals surface area (Å²) in [4.78, 5) is 11.6. The molecule has 0 aromatic carbocycles. The summed E-state index contributed by atoms with van der Waals surface area (Å²) in [6, 6.07) is 0. The lowest BCUT2D eigenvalue weighted by Gasteiger charge is -2.26. The van der Waals surface area contributed by atoms with Gasteiger partial charge in [-0.2, -0.15) is 0 Å². The Hall–Kier alpha value is -0.770. The van der Waals surface area contributed by atoms with Crippen LogP contribution in [-0.4, -0.2) is 29.4 Å². The van der Waals surface area contributed by atoms with Crippen molar-refractivity contribution in [1.82, 2.24) is 5.32 Å². The number of hydrogen-bond donors (Lipinski definition) is 2. The Morgan fingerprint density at radius 1 is 1.29 bits per heavy atom. The highest BCUT2D eigenvalue weighted by Crippen LogP contribution is 2.17. The zero-order valence-electron chi connectivity index (χ0n) is 11.9. The minimum absolute atomic E-state index is 0.000665. The van der Waals surface area contributed by atoms with Crippen LogP contribution in [0.15, 0.2) is 0 Å². The van der Waals surface area contributed by atoms with Crippen LogP contribution in [-0.2, 0) is 4.74 Å². The molecule has 4 heteroatoms. The highest BCUT2D eigenvalue weighted by molar-refractivity contribution is 5.68. The van der Waals surface area contributed by atoms with E-state index in [2.05, 4.69) is 19.2 Å². The maximum absolute atomic E-state index is 11.6. The maximum Gasteiger partial charge on any atom is 0.407 e. The second-order valence-electron chi connectivity index (χ2n) is 6.06. The van der Waals surface area contributed by atoms with Gasteiger partial charge in [0, 0.05) is 18.1 Å². The van der Waals surface area contributed by atoms with Gasteiger partial charge in [0.2, 0.25) is 0 Å². The molecule has 0 heterocycles. The van der Waals surface area contributed by atoms with Crippen LogP contribution in [0.1, 0.15) is 48.0 Å². The SMILES string of the molecule is CC(C)C[C@H](CO)[C@@H](C)OC(=O)NC(C)(C)C. The minimum atomic E-state index is -0.424. The van der Waals surface area contributed by atoms with Crippen LogP contribution in [0, 0.1) is 11.8 Å². The van der Waals surface area contributed by atoms with Gasteiger partial charge in [0.1, 0.15) is 6.10 Å². The van der Waals surface area contributed by atoms with E-state index in [1.165, 1.54) is 0 Å². The molecule has 1 amide bonds. The molecule has 0 rings (SSSR count). The molecule has 0 bridgehead atoms. The number of amides is 1. The lowest BCUT2D eigenvalue weighted by molar-refractivity contribution is 0.0378. The molecule has 0 saturated carbocycles. The van der Waals surface area contributed by atoms with Crippen LogP contribution in [0.3, 0.4) is 0 Å². The molecule has 0 aliphatic rings. The maximum atomic E-state index is 11.6. The van der Waals surface area contributed by atoms with Crippen LogP contribution in [0.2, 0.25) is 0 Å². The van der Waals surface area contributed by atoms with Crippen LogP contribution < -0.4 is 5.32 Å². The monoisotopic (exact) mass is 245 g/mol. The van der Waals surface area contributed by atoms with Crippen molar-refractivity contribution >= 4 is 6.09 Å². The molecule has 0 fully saturated rings. The molecule has 0 radical (unpaired) electrons. The summed E-state index contributed by atoms with van der Waals surface area (Å²) >= 11 is 0. The summed E-state index contributed by atoms with van der Waals surface area (Å²) in [5.74, 6) is 0.476. The highest BCUT2D eigenvalue weighted by atomic mass is 16.6. The fraction of sp³-hybridized carbons (Fsp3) is 0.923. The van der Waals surface area contributed by atoms with Gasteiger partial charge >= 0.3 is 6.09 Å². The fourth-order valence-electron chi connectivity index (χ4n) is 1.62. The van der Waals surface area contributed by atoms with E-state index in [0.29, 0.717) is 5.92 Å². The van der Waals surface area contributed by atoms with E-state index in [0.717, 1.165) is 6.42 Å². The van der Waals surface area contributed by atoms with Crippen molar-refractivity contribution in [2.45, 2.75) is 59.6 Å². The van der Waals surface area contributed by atoms with Crippen molar-refractivity contribution in [2.75, 3.05) is 6.61 Å². The number of carbonyl (C=O) groups excluding carboxylic acids is 1. The summed E-state index contributed by atoms with van der Waals surface area (Å²) in [5.41, 5.74) is -0.302. The van der Waals surface area contributed by atoms with Gasteiger partial charge in [-0.15, -0.1) is 0 Å². The smallest absolute Gasteiger partial charge is 0.407 e. The molecule has 2 N–H and O–H groups in total. The lowest BCUT2D eigenvalue weighted by atomic mass is 9.93. The van der Waals surface area contributed by atoms with Crippen molar-refractivity contribution in [1.29, 1.82) is 0 Å². The summed E-state index contributed by atoms with van der Waals surface area (Å²) in [6.07, 6.45) is 0.150. The predicted molar refractivity (Wildman–Crippen MR) is 68.9 cm³/mol. The number of nitrogens with one attached hydrogen (secondary N) is 1. The number of hydrogen-bond acceptors (Lipinski definition) is 3. The number of ether oxygens (including phenoxy) is 1. The van der Waals surface area contributed by atoms with Gasteiger partial charge in [-0.1, -0.05) is 13.8 Å².